The van der Waals surface area contributed by atoms with Crippen molar-refractivity contribution in [2.24, 2.45) is 5.92 Å². The Hall–Kier alpha value is -1.52. The molecule has 0 aromatic carbocycles. The Balaban J connectivity index is 2.52. The lowest BCUT2D eigenvalue weighted by Gasteiger charge is -2.12. The highest BCUT2D eigenvalue weighted by atomic mass is 16.5. The molecule has 5 heteroatoms. The number of urea groups is 1. The van der Waals surface area contributed by atoms with E-state index in [1.807, 2.05) is 34.6 Å². The molecule has 1 aromatic rings. The first-order chi connectivity index (χ1) is 7.79. The number of hydrogen-bond donors (Lipinski definition) is 2. The number of nitrogens with one attached hydrogen (secondary N) is 2. The summed E-state index contributed by atoms with van der Waals surface area (Å²) in [6.45, 7) is 10.8. The van der Waals surface area contributed by atoms with Crippen molar-refractivity contribution in [3.63, 3.8) is 0 Å². The van der Waals surface area contributed by atoms with Gasteiger partial charge in [-0.3, -0.25) is 5.32 Å². The highest BCUT2D eigenvalue weighted by molar-refractivity contribution is 5.88. The fourth-order valence-electron chi connectivity index (χ4n) is 1.14. The lowest BCUT2D eigenvalue weighted by Crippen LogP contribution is -2.31. The molecule has 0 fully saturated rings. The standard InChI is InChI=1S/C12H21N3O2/c1-8(2)7-13-11(16)14-10-6-9(17-15-10)12(3,4)5/h6,8H,7H2,1-5H3,(H2,13,14,15,16). The van der Waals surface area contributed by atoms with Gasteiger partial charge in [-0.15, -0.1) is 0 Å². The number of aromatic nitrogens is 1. The van der Waals surface area contributed by atoms with Gasteiger partial charge in [0.15, 0.2) is 5.82 Å². The SMILES string of the molecule is CC(C)CNC(=O)Nc1cc(C(C)(C)C)on1. The smallest absolute Gasteiger partial charge is 0.320 e. The molecule has 2 N–H and O–H groups in total. The summed E-state index contributed by atoms with van der Waals surface area (Å²) in [5, 5.41) is 9.18. The summed E-state index contributed by atoms with van der Waals surface area (Å²) >= 11 is 0. The lowest BCUT2D eigenvalue weighted by atomic mass is 9.93. The van der Waals surface area contributed by atoms with E-state index in [-0.39, 0.29) is 11.4 Å². The molecule has 2 amide bonds. The average Bonchev–Trinajstić information content (AvgIpc) is 2.62. The van der Waals surface area contributed by atoms with Crippen molar-refractivity contribution in [2.75, 3.05) is 11.9 Å². The van der Waals surface area contributed by atoms with Crippen molar-refractivity contribution in [3.05, 3.63) is 11.8 Å². The predicted molar refractivity (Wildman–Crippen MR) is 67.1 cm³/mol. The van der Waals surface area contributed by atoms with Crippen LogP contribution in [0.25, 0.3) is 0 Å². The number of anilines is 1. The van der Waals surface area contributed by atoms with Gasteiger partial charge in [0, 0.05) is 18.0 Å². The second-order valence-corrected chi connectivity index (χ2v) is 5.56. The van der Waals surface area contributed by atoms with Crippen LogP contribution in [-0.4, -0.2) is 17.7 Å². The van der Waals surface area contributed by atoms with Crippen molar-refractivity contribution >= 4 is 11.8 Å². The maximum atomic E-state index is 11.5. The van der Waals surface area contributed by atoms with E-state index in [1.54, 1.807) is 6.07 Å². The third-order valence-corrected chi connectivity index (χ3v) is 2.16. The first kappa shape index (κ1) is 13.5. The van der Waals surface area contributed by atoms with E-state index in [0.717, 1.165) is 5.76 Å². The molecule has 0 spiro atoms. The fraction of sp³-hybridized carbons (Fsp3) is 0.667. The number of rotatable bonds is 3. The van der Waals surface area contributed by atoms with Crippen LogP contribution >= 0.6 is 0 Å². The molecule has 5 nitrogen and oxygen atoms in total. The average molecular weight is 239 g/mol. The van der Waals surface area contributed by atoms with E-state index in [9.17, 15) is 4.79 Å². The van der Waals surface area contributed by atoms with Crippen LogP contribution in [0.4, 0.5) is 10.6 Å². The molecule has 0 saturated carbocycles. The molecule has 0 aliphatic carbocycles. The summed E-state index contributed by atoms with van der Waals surface area (Å²) in [5.74, 6) is 1.61. The minimum atomic E-state index is -0.257. The maximum absolute atomic E-state index is 11.5. The zero-order valence-corrected chi connectivity index (χ0v) is 11.1. The lowest BCUT2D eigenvalue weighted by molar-refractivity contribution is 0.250. The Morgan fingerprint density at radius 3 is 2.59 bits per heavy atom. The molecular formula is C12H21N3O2. The number of amides is 2. The monoisotopic (exact) mass is 239 g/mol. The van der Waals surface area contributed by atoms with Crippen molar-refractivity contribution in [1.82, 2.24) is 10.5 Å². The van der Waals surface area contributed by atoms with Gasteiger partial charge in [0.2, 0.25) is 0 Å². The quantitative estimate of drug-likeness (QED) is 0.852. The molecule has 0 aliphatic rings. The number of nitrogens with zero attached hydrogens (tertiary/aromatic N) is 1. The van der Waals surface area contributed by atoms with E-state index in [2.05, 4.69) is 15.8 Å². The third-order valence-electron chi connectivity index (χ3n) is 2.16. The van der Waals surface area contributed by atoms with Gasteiger partial charge in [-0.1, -0.05) is 39.8 Å². The normalized spacial score (nSPS) is 11.6. The topological polar surface area (TPSA) is 67.2 Å². The van der Waals surface area contributed by atoms with Crippen LogP contribution in [-0.2, 0) is 5.41 Å². The van der Waals surface area contributed by atoms with E-state index >= 15 is 0 Å². The van der Waals surface area contributed by atoms with Gasteiger partial charge in [0.25, 0.3) is 0 Å². The largest absolute Gasteiger partial charge is 0.359 e. The van der Waals surface area contributed by atoms with Crippen molar-refractivity contribution < 1.29 is 9.32 Å². The minimum Gasteiger partial charge on any atom is -0.359 e. The molecule has 0 radical (unpaired) electrons. The third kappa shape index (κ3) is 4.46. The first-order valence-corrected chi connectivity index (χ1v) is 5.81. The molecule has 17 heavy (non-hydrogen) atoms. The summed E-state index contributed by atoms with van der Waals surface area (Å²) < 4.78 is 5.16. The van der Waals surface area contributed by atoms with E-state index < -0.39 is 0 Å². The van der Waals surface area contributed by atoms with Gasteiger partial charge in [0.05, 0.1) is 0 Å². The molecule has 0 atom stereocenters. The Morgan fingerprint density at radius 2 is 2.12 bits per heavy atom. The summed E-state index contributed by atoms with van der Waals surface area (Å²) in [5.41, 5.74) is -0.110. The van der Waals surface area contributed by atoms with Crippen LogP contribution in [0, 0.1) is 5.92 Å². The van der Waals surface area contributed by atoms with Crippen LogP contribution in [0.15, 0.2) is 10.6 Å². The van der Waals surface area contributed by atoms with Crippen molar-refractivity contribution in [1.29, 1.82) is 0 Å². The summed E-state index contributed by atoms with van der Waals surface area (Å²) in [6, 6.07) is 1.49. The van der Waals surface area contributed by atoms with Crippen molar-refractivity contribution in [3.8, 4) is 0 Å². The van der Waals surface area contributed by atoms with Gasteiger partial charge in [-0.25, -0.2) is 4.79 Å². The zero-order chi connectivity index (χ0) is 13.1. The van der Waals surface area contributed by atoms with E-state index in [0.29, 0.717) is 18.3 Å². The van der Waals surface area contributed by atoms with Crippen LogP contribution in [0.5, 0.6) is 0 Å². The molecule has 1 rings (SSSR count). The van der Waals surface area contributed by atoms with Crippen LogP contribution in [0.2, 0.25) is 0 Å². The molecule has 0 aliphatic heterocycles. The number of carbonyl (C=O) groups excluding carboxylic acids is 1. The summed E-state index contributed by atoms with van der Waals surface area (Å²) in [6.07, 6.45) is 0. The molecule has 0 unspecified atom stereocenters. The second-order valence-electron chi connectivity index (χ2n) is 5.56. The fourth-order valence-corrected chi connectivity index (χ4v) is 1.14. The van der Waals surface area contributed by atoms with Gasteiger partial charge in [-0.05, 0) is 5.92 Å². The number of carbonyl (C=O) groups is 1. The second kappa shape index (κ2) is 5.21. The zero-order valence-electron chi connectivity index (χ0n) is 11.1. The van der Waals surface area contributed by atoms with Gasteiger partial charge in [0.1, 0.15) is 5.76 Å². The van der Waals surface area contributed by atoms with Gasteiger partial charge in [-0.2, -0.15) is 0 Å². The molecule has 1 aromatic heterocycles. The predicted octanol–water partition coefficient (Wildman–Crippen LogP) is 2.75. The van der Waals surface area contributed by atoms with Gasteiger partial charge >= 0.3 is 6.03 Å². The Labute approximate surface area is 102 Å². The molecular weight excluding hydrogens is 218 g/mol. The van der Waals surface area contributed by atoms with Crippen LogP contribution in [0.3, 0.4) is 0 Å². The molecule has 1 heterocycles. The Bertz CT molecular complexity index is 377. The van der Waals surface area contributed by atoms with Gasteiger partial charge < -0.3 is 9.84 Å². The number of hydrogen-bond acceptors (Lipinski definition) is 3. The van der Waals surface area contributed by atoms with E-state index in [1.165, 1.54) is 0 Å². The summed E-state index contributed by atoms with van der Waals surface area (Å²) in [4.78, 5) is 11.5. The highest BCUT2D eigenvalue weighted by Gasteiger charge is 2.20. The minimum absolute atomic E-state index is 0.110. The van der Waals surface area contributed by atoms with Crippen molar-refractivity contribution in [2.45, 2.75) is 40.0 Å². The highest BCUT2D eigenvalue weighted by Crippen LogP contribution is 2.24. The molecule has 0 bridgehead atoms. The van der Waals surface area contributed by atoms with E-state index in [4.69, 9.17) is 4.52 Å². The Kier molecular flexibility index (Phi) is 4.15. The first-order valence-electron chi connectivity index (χ1n) is 5.81. The summed E-state index contributed by atoms with van der Waals surface area (Å²) in [7, 11) is 0. The molecule has 96 valence electrons. The van der Waals surface area contributed by atoms with Crippen LogP contribution in [0.1, 0.15) is 40.4 Å². The Morgan fingerprint density at radius 1 is 1.47 bits per heavy atom. The molecule has 0 saturated heterocycles. The maximum Gasteiger partial charge on any atom is 0.320 e. The van der Waals surface area contributed by atoms with Crippen LogP contribution < -0.4 is 10.6 Å².